The number of nitrogens with zero attached hydrogens (tertiary/aromatic N) is 1. The van der Waals surface area contributed by atoms with Crippen LogP contribution >= 0.6 is 0 Å². The second-order valence-corrected chi connectivity index (χ2v) is 9.75. The van der Waals surface area contributed by atoms with Crippen molar-refractivity contribution in [2.45, 2.75) is 51.0 Å². The van der Waals surface area contributed by atoms with Gasteiger partial charge in [-0.2, -0.15) is 0 Å². The van der Waals surface area contributed by atoms with Gasteiger partial charge in [0.25, 0.3) is 11.8 Å². The average molecular weight is 423 g/mol. The molecule has 5 rings (SSSR count). The largest absolute Gasteiger partial charge is 0.332 e. The number of urea groups is 1. The molecule has 164 valence electrons. The zero-order valence-corrected chi connectivity index (χ0v) is 18.0. The monoisotopic (exact) mass is 422 g/mol. The third-order valence-electron chi connectivity index (χ3n) is 7.90. The molecule has 0 aromatic heterocycles. The van der Waals surface area contributed by atoms with Crippen LogP contribution in [0.1, 0.15) is 44.1 Å². The van der Waals surface area contributed by atoms with Gasteiger partial charge in [-0.05, 0) is 56.4 Å². The fraction of sp³-hybridized carbons (Fsp3) is 0.560. The number of amides is 4. The molecule has 2 atom stereocenters. The lowest BCUT2D eigenvalue weighted by molar-refractivity contribution is -0.945. The van der Waals surface area contributed by atoms with Crippen LogP contribution in [0, 0.1) is 17.8 Å². The van der Waals surface area contributed by atoms with E-state index in [1.54, 1.807) is 4.90 Å². The van der Waals surface area contributed by atoms with Gasteiger partial charge in [0.05, 0.1) is 19.1 Å². The van der Waals surface area contributed by atoms with Gasteiger partial charge in [-0.3, -0.25) is 19.8 Å². The van der Waals surface area contributed by atoms with E-state index in [1.807, 2.05) is 36.4 Å². The summed E-state index contributed by atoms with van der Waals surface area (Å²) in [6.07, 6.45) is 9.72. The fourth-order valence-corrected chi connectivity index (χ4v) is 6.63. The fourth-order valence-electron chi connectivity index (χ4n) is 6.63. The predicted octanol–water partition coefficient (Wildman–Crippen LogP) is 1.72. The second-order valence-electron chi connectivity index (χ2n) is 9.75. The summed E-state index contributed by atoms with van der Waals surface area (Å²) in [5.74, 6) is 0.668. The zero-order valence-electron chi connectivity index (χ0n) is 18.0. The molecule has 4 amide bonds. The molecule has 6 nitrogen and oxygen atoms in total. The van der Waals surface area contributed by atoms with Crippen LogP contribution in [0.2, 0.25) is 0 Å². The van der Waals surface area contributed by atoms with Crippen LogP contribution in [-0.4, -0.2) is 48.4 Å². The second kappa shape index (κ2) is 8.58. The Kier molecular flexibility index (Phi) is 5.65. The van der Waals surface area contributed by atoms with Crippen LogP contribution in [0.5, 0.6) is 0 Å². The smallest absolute Gasteiger partial charge is 0.331 e. The predicted molar refractivity (Wildman–Crippen MR) is 116 cm³/mol. The van der Waals surface area contributed by atoms with Crippen LogP contribution in [0.3, 0.4) is 0 Å². The first-order valence-electron chi connectivity index (χ1n) is 11.9. The van der Waals surface area contributed by atoms with E-state index >= 15 is 0 Å². The Morgan fingerprint density at radius 1 is 1.00 bits per heavy atom. The highest BCUT2D eigenvalue weighted by molar-refractivity contribution is 6.28. The molecule has 3 aliphatic heterocycles. The summed E-state index contributed by atoms with van der Waals surface area (Å²) in [6, 6.07) is 9.95. The van der Waals surface area contributed by atoms with Crippen molar-refractivity contribution in [3.05, 3.63) is 47.5 Å². The summed E-state index contributed by atoms with van der Waals surface area (Å²) in [7, 11) is 0. The number of piperidine rings is 2. The Morgan fingerprint density at radius 2 is 1.68 bits per heavy atom. The molecule has 0 bridgehead atoms. The molecule has 31 heavy (non-hydrogen) atoms. The minimum atomic E-state index is -0.606. The number of carbonyl (C=O) groups is 3. The lowest BCUT2D eigenvalue weighted by Crippen LogP contribution is -3.19. The molecule has 1 aromatic rings. The molecular weight excluding hydrogens is 390 g/mol. The molecule has 0 spiro atoms. The minimum Gasteiger partial charge on any atom is -0.332 e. The summed E-state index contributed by atoms with van der Waals surface area (Å²) in [6.45, 7) is 2.89. The van der Waals surface area contributed by atoms with E-state index in [-0.39, 0.29) is 18.0 Å². The van der Waals surface area contributed by atoms with E-state index in [0.29, 0.717) is 18.3 Å². The van der Waals surface area contributed by atoms with Gasteiger partial charge in [-0.1, -0.05) is 36.4 Å². The summed E-state index contributed by atoms with van der Waals surface area (Å²) < 4.78 is 0. The number of carbonyl (C=O) groups excluding carboxylic acids is 3. The Labute approximate surface area is 183 Å². The van der Waals surface area contributed by atoms with E-state index in [2.05, 4.69) is 5.32 Å². The molecule has 3 saturated heterocycles. The zero-order chi connectivity index (χ0) is 21.4. The van der Waals surface area contributed by atoms with Crippen molar-refractivity contribution in [3.63, 3.8) is 0 Å². The maximum Gasteiger partial charge on any atom is 0.331 e. The highest BCUT2D eigenvalue weighted by atomic mass is 16.2. The Bertz CT molecular complexity index is 877. The minimum absolute atomic E-state index is 0.159. The van der Waals surface area contributed by atoms with Crippen molar-refractivity contribution in [1.82, 2.24) is 10.2 Å². The number of quaternary nitrogens is 1. The first-order chi connectivity index (χ1) is 15.1. The molecular formula is C25H32N3O3+. The number of hydrogen-bond donors (Lipinski definition) is 2. The third kappa shape index (κ3) is 4.05. The number of rotatable bonds is 4. The van der Waals surface area contributed by atoms with Crippen molar-refractivity contribution in [1.29, 1.82) is 0 Å². The molecule has 0 unspecified atom stereocenters. The molecule has 6 heteroatoms. The van der Waals surface area contributed by atoms with E-state index in [4.69, 9.17) is 0 Å². The molecule has 1 aromatic carbocycles. The SMILES string of the molecule is O=C1NC(=O)N(CCc2ccccc2)C(=O)/C1=C/C1C[C@H]2CCC[NH+]3CCC[C@H](C1)C23. The maximum atomic E-state index is 13.1. The van der Waals surface area contributed by atoms with Gasteiger partial charge in [0, 0.05) is 18.4 Å². The van der Waals surface area contributed by atoms with Gasteiger partial charge in [0.1, 0.15) is 5.57 Å². The average Bonchev–Trinajstić information content (AvgIpc) is 2.77. The maximum absolute atomic E-state index is 13.1. The van der Waals surface area contributed by atoms with Gasteiger partial charge in [-0.15, -0.1) is 0 Å². The molecule has 3 heterocycles. The molecule has 1 saturated carbocycles. The van der Waals surface area contributed by atoms with Crippen molar-refractivity contribution < 1.29 is 19.3 Å². The van der Waals surface area contributed by atoms with Gasteiger partial charge < -0.3 is 4.90 Å². The van der Waals surface area contributed by atoms with Crippen LogP contribution < -0.4 is 10.2 Å². The number of barbiturate groups is 1. The van der Waals surface area contributed by atoms with E-state index < -0.39 is 17.8 Å². The van der Waals surface area contributed by atoms with Crippen LogP contribution in [-0.2, 0) is 16.0 Å². The molecule has 0 radical (unpaired) electrons. The number of hydrogen-bond acceptors (Lipinski definition) is 3. The van der Waals surface area contributed by atoms with Crippen LogP contribution in [0.4, 0.5) is 4.79 Å². The van der Waals surface area contributed by atoms with Crippen molar-refractivity contribution in [3.8, 4) is 0 Å². The number of imide groups is 2. The Balaban J connectivity index is 1.31. The summed E-state index contributed by atoms with van der Waals surface area (Å²) >= 11 is 0. The van der Waals surface area contributed by atoms with E-state index in [0.717, 1.165) is 24.4 Å². The van der Waals surface area contributed by atoms with E-state index in [9.17, 15) is 14.4 Å². The standard InChI is InChI=1S/C25H31N3O3/c29-23-21(24(30)28(25(31)26-23)13-10-17-6-2-1-3-7-17)16-18-14-19-8-4-11-27-12-5-9-20(15-18)22(19)27/h1-3,6-7,16,18-20,22H,4-5,8-15H2,(H,26,29,31)/p+1/b21-16+/t18?,19-,20-,22?/m1/s1. The third-order valence-corrected chi connectivity index (χ3v) is 7.90. The quantitative estimate of drug-likeness (QED) is 0.573. The Morgan fingerprint density at radius 3 is 2.35 bits per heavy atom. The topological polar surface area (TPSA) is 70.9 Å². The normalized spacial score (nSPS) is 34.5. The summed E-state index contributed by atoms with van der Waals surface area (Å²) in [5, 5.41) is 2.39. The first-order valence-corrected chi connectivity index (χ1v) is 11.9. The van der Waals surface area contributed by atoms with E-state index in [1.165, 1.54) is 43.7 Å². The highest BCUT2D eigenvalue weighted by Gasteiger charge is 2.47. The van der Waals surface area contributed by atoms with Crippen LogP contribution in [0.15, 0.2) is 42.0 Å². The van der Waals surface area contributed by atoms with Crippen LogP contribution in [0.25, 0.3) is 0 Å². The number of allylic oxidation sites excluding steroid dienone is 1. The first kappa shape index (κ1) is 20.4. The molecule has 2 N–H and O–H groups in total. The van der Waals surface area contributed by atoms with Crippen molar-refractivity contribution in [2.75, 3.05) is 19.6 Å². The van der Waals surface area contributed by atoms with Gasteiger partial charge >= 0.3 is 6.03 Å². The lowest BCUT2D eigenvalue weighted by Gasteiger charge is -2.50. The number of benzene rings is 1. The van der Waals surface area contributed by atoms with Gasteiger partial charge in [0.15, 0.2) is 0 Å². The lowest BCUT2D eigenvalue weighted by atomic mass is 9.65. The highest BCUT2D eigenvalue weighted by Crippen LogP contribution is 2.40. The number of nitrogens with one attached hydrogen (secondary N) is 2. The summed E-state index contributed by atoms with van der Waals surface area (Å²) in [4.78, 5) is 41.0. The van der Waals surface area contributed by atoms with Gasteiger partial charge in [0.2, 0.25) is 0 Å². The molecule has 4 fully saturated rings. The van der Waals surface area contributed by atoms with Crippen molar-refractivity contribution >= 4 is 17.8 Å². The summed E-state index contributed by atoms with van der Waals surface area (Å²) in [5.41, 5.74) is 1.22. The molecule has 4 aliphatic rings. The van der Waals surface area contributed by atoms with Crippen molar-refractivity contribution in [2.24, 2.45) is 17.8 Å². The molecule has 1 aliphatic carbocycles. The van der Waals surface area contributed by atoms with Gasteiger partial charge in [-0.25, -0.2) is 4.79 Å². The Hall–Kier alpha value is -2.47.